The summed E-state index contributed by atoms with van der Waals surface area (Å²) in [4.78, 5) is 34.9. The highest BCUT2D eigenvalue weighted by molar-refractivity contribution is 5.96. The number of hydrogen-bond acceptors (Lipinski definition) is 4. The van der Waals surface area contributed by atoms with Gasteiger partial charge in [0.05, 0.1) is 6.42 Å². The molecular formula is C20H21NO4. The first kappa shape index (κ1) is 18.4. The molecule has 1 atom stereocenters. The third-order valence-corrected chi connectivity index (χ3v) is 3.78. The van der Waals surface area contributed by atoms with E-state index in [2.05, 4.69) is 5.32 Å². The van der Waals surface area contributed by atoms with Gasteiger partial charge < -0.3 is 10.1 Å². The van der Waals surface area contributed by atoms with E-state index >= 15 is 0 Å². The number of esters is 1. The van der Waals surface area contributed by atoms with E-state index in [4.69, 9.17) is 4.74 Å². The minimum Gasteiger partial charge on any atom is -0.456 e. The average molecular weight is 339 g/mol. The van der Waals surface area contributed by atoms with Gasteiger partial charge in [-0.15, -0.1) is 0 Å². The van der Waals surface area contributed by atoms with E-state index in [1.54, 1.807) is 24.3 Å². The van der Waals surface area contributed by atoms with Gasteiger partial charge in [0, 0.05) is 11.3 Å². The Kier molecular flexibility index (Phi) is 6.46. The highest BCUT2D eigenvalue weighted by atomic mass is 16.5. The second-order valence-electron chi connectivity index (χ2n) is 5.86. The number of Topliss-reactive ketones (excluding diaryl/α,β-unsaturated/α-hetero) is 1. The Bertz CT molecular complexity index is 738. The lowest BCUT2D eigenvalue weighted by atomic mass is 9.98. The Morgan fingerprint density at radius 2 is 1.64 bits per heavy atom. The molecule has 1 unspecified atom stereocenters. The minimum absolute atomic E-state index is 0.0240. The summed E-state index contributed by atoms with van der Waals surface area (Å²) in [6.07, 6.45) is 0.213. The smallest absolute Gasteiger partial charge is 0.306 e. The lowest BCUT2D eigenvalue weighted by Gasteiger charge is -2.11. The van der Waals surface area contributed by atoms with Gasteiger partial charge in [0.2, 0.25) is 0 Å². The lowest BCUT2D eigenvalue weighted by molar-refractivity contribution is -0.147. The number of nitrogens with one attached hydrogen (secondary N) is 1. The van der Waals surface area contributed by atoms with Crippen molar-refractivity contribution >= 4 is 23.3 Å². The predicted molar refractivity (Wildman–Crippen MR) is 95.5 cm³/mol. The van der Waals surface area contributed by atoms with E-state index in [0.717, 1.165) is 5.56 Å². The number of amides is 1. The number of ether oxygens (including phenoxy) is 1. The average Bonchev–Trinajstić information content (AvgIpc) is 2.61. The van der Waals surface area contributed by atoms with E-state index in [-0.39, 0.29) is 24.7 Å². The van der Waals surface area contributed by atoms with Gasteiger partial charge in [0.15, 0.2) is 12.4 Å². The molecule has 2 rings (SSSR count). The third-order valence-electron chi connectivity index (χ3n) is 3.78. The number of anilines is 1. The zero-order chi connectivity index (χ0) is 18.2. The van der Waals surface area contributed by atoms with Crippen molar-refractivity contribution in [1.29, 1.82) is 0 Å². The summed E-state index contributed by atoms with van der Waals surface area (Å²) in [5, 5.41) is 2.62. The summed E-state index contributed by atoms with van der Waals surface area (Å²) in [5.41, 5.74) is 2.16. The molecular weight excluding hydrogens is 318 g/mol. The number of rotatable bonds is 7. The van der Waals surface area contributed by atoms with Crippen LogP contribution in [0, 0.1) is 0 Å². The molecule has 5 heteroatoms. The molecule has 0 aliphatic rings. The highest BCUT2D eigenvalue weighted by Crippen LogP contribution is 2.18. The first-order valence-electron chi connectivity index (χ1n) is 8.07. The fourth-order valence-corrected chi connectivity index (χ4v) is 2.34. The maximum atomic E-state index is 11.9. The molecule has 2 aromatic rings. The fraction of sp³-hybridized carbons (Fsp3) is 0.250. The number of benzene rings is 2. The van der Waals surface area contributed by atoms with Gasteiger partial charge in [0.25, 0.3) is 5.91 Å². The van der Waals surface area contributed by atoms with Gasteiger partial charge >= 0.3 is 5.97 Å². The molecule has 0 saturated carbocycles. The van der Waals surface area contributed by atoms with Crippen molar-refractivity contribution in [3.8, 4) is 0 Å². The minimum atomic E-state index is -0.420. The second-order valence-corrected chi connectivity index (χ2v) is 5.86. The van der Waals surface area contributed by atoms with Gasteiger partial charge in [-0.25, -0.2) is 0 Å². The maximum absolute atomic E-state index is 11.9. The first-order chi connectivity index (χ1) is 12.0. The van der Waals surface area contributed by atoms with Gasteiger partial charge in [-0.1, -0.05) is 37.3 Å². The van der Waals surface area contributed by atoms with Crippen LogP contribution in [0.3, 0.4) is 0 Å². The highest BCUT2D eigenvalue weighted by Gasteiger charge is 2.13. The Balaban J connectivity index is 1.77. The zero-order valence-corrected chi connectivity index (χ0v) is 14.3. The molecule has 0 aliphatic carbocycles. The Labute approximate surface area is 147 Å². The van der Waals surface area contributed by atoms with Crippen LogP contribution in [0.1, 0.15) is 42.1 Å². The molecule has 5 nitrogen and oxygen atoms in total. The van der Waals surface area contributed by atoms with Crippen LogP contribution in [0.15, 0.2) is 54.6 Å². The summed E-state index contributed by atoms with van der Waals surface area (Å²) in [7, 11) is 0. The Morgan fingerprint density at radius 1 is 1.00 bits per heavy atom. The van der Waals surface area contributed by atoms with Crippen molar-refractivity contribution in [3.05, 3.63) is 65.7 Å². The number of carbonyl (C=O) groups excluding carboxylic acids is 3. The van der Waals surface area contributed by atoms with Gasteiger partial charge in [0.1, 0.15) is 0 Å². The quantitative estimate of drug-likeness (QED) is 0.618. The molecule has 0 fully saturated rings. The molecule has 0 heterocycles. The van der Waals surface area contributed by atoms with Crippen molar-refractivity contribution in [1.82, 2.24) is 0 Å². The van der Waals surface area contributed by atoms with Gasteiger partial charge in [-0.05, 0) is 42.7 Å². The number of carbonyl (C=O) groups is 3. The topological polar surface area (TPSA) is 72.5 Å². The molecule has 0 spiro atoms. The van der Waals surface area contributed by atoms with E-state index in [1.165, 1.54) is 6.92 Å². The van der Waals surface area contributed by atoms with E-state index in [1.807, 2.05) is 37.3 Å². The van der Waals surface area contributed by atoms with Crippen molar-refractivity contribution in [3.63, 3.8) is 0 Å². The molecule has 1 amide bonds. The van der Waals surface area contributed by atoms with E-state index in [0.29, 0.717) is 11.3 Å². The van der Waals surface area contributed by atoms with E-state index in [9.17, 15) is 14.4 Å². The summed E-state index contributed by atoms with van der Waals surface area (Å²) < 4.78 is 5.03. The van der Waals surface area contributed by atoms with Crippen LogP contribution < -0.4 is 5.32 Å². The summed E-state index contributed by atoms with van der Waals surface area (Å²) in [5.74, 6) is -0.857. The second kappa shape index (κ2) is 8.78. The number of hydrogen-bond donors (Lipinski definition) is 1. The van der Waals surface area contributed by atoms with Crippen molar-refractivity contribution < 1.29 is 19.1 Å². The molecule has 25 heavy (non-hydrogen) atoms. The SMILES string of the molecule is CC(=O)c1ccc(NC(=O)COC(=O)CC(C)c2ccccc2)cc1. The molecule has 0 aliphatic heterocycles. The number of ketones is 1. The standard InChI is InChI=1S/C20H21NO4/c1-14(16-6-4-3-5-7-16)12-20(24)25-13-19(23)21-18-10-8-17(9-11-18)15(2)22/h3-11,14H,12-13H2,1-2H3,(H,21,23). The fourth-order valence-electron chi connectivity index (χ4n) is 2.34. The molecule has 130 valence electrons. The lowest BCUT2D eigenvalue weighted by Crippen LogP contribution is -2.21. The molecule has 0 aromatic heterocycles. The third kappa shape index (κ3) is 5.88. The summed E-state index contributed by atoms with van der Waals surface area (Å²) in [6, 6.07) is 16.2. The molecule has 1 N–H and O–H groups in total. The first-order valence-corrected chi connectivity index (χ1v) is 8.07. The largest absolute Gasteiger partial charge is 0.456 e. The summed E-state index contributed by atoms with van der Waals surface area (Å²) in [6.45, 7) is 3.07. The molecule has 0 bridgehead atoms. The molecule has 0 radical (unpaired) electrons. The van der Waals surface area contributed by atoms with Gasteiger partial charge in [-0.2, -0.15) is 0 Å². The van der Waals surface area contributed by atoms with Crippen LogP contribution in [0.2, 0.25) is 0 Å². The van der Waals surface area contributed by atoms with E-state index < -0.39 is 11.9 Å². The molecule has 2 aromatic carbocycles. The van der Waals surface area contributed by atoms with Crippen LogP contribution in [-0.4, -0.2) is 24.3 Å². The normalized spacial score (nSPS) is 11.4. The van der Waals surface area contributed by atoms with Crippen LogP contribution in [0.5, 0.6) is 0 Å². The predicted octanol–water partition coefficient (Wildman–Crippen LogP) is 3.56. The maximum Gasteiger partial charge on any atom is 0.306 e. The van der Waals surface area contributed by atoms with Crippen LogP contribution >= 0.6 is 0 Å². The molecule has 0 saturated heterocycles. The van der Waals surface area contributed by atoms with Crippen molar-refractivity contribution in [2.24, 2.45) is 0 Å². The Hall–Kier alpha value is -2.95. The van der Waals surface area contributed by atoms with Crippen molar-refractivity contribution in [2.75, 3.05) is 11.9 Å². The van der Waals surface area contributed by atoms with Crippen LogP contribution in [0.25, 0.3) is 0 Å². The van der Waals surface area contributed by atoms with Gasteiger partial charge in [-0.3, -0.25) is 14.4 Å². The zero-order valence-electron chi connectivity index (χ0n) is 14.3. The van der Waals surface area contributed by atoms with Crippen LogP contribution in [-0.2, 0) is 14.3 Å². The van der Waals surface area contributed by atoms with Crippen molar-refractivity contribution in [2.45, 2.75) is 26.2 Å². The summed E-state index contributed by atoms with van der Waals surface area (Å²) >= 11 is 0. The monoisotopic (exact) mass is 339 g/mol. The Morgan fingerprint density at radius 3 is 2.24 bits per heavy atom. The van der Waals surface area contributed by atoms with Crippen LogP contribution in [0.4, 0.5) is 5.69 Å².